The quantitative estimate of drug-likeness (QED) is 0.589. The van der Waals surface area contributed by atoms with Gasteiger partial charge >= 0.3 is 0 Å². The van der Waals surface area contributed by atoms with E-state index in [-0.39, 0.29) is 0 Å². The molecule has 1 heterocycles. The fourth-order valence-corrected chi connectivity index (χ4v) is 2.65. The lowest BCUT2D eigenvalue weighted by Crippen LogP contribution is -2.40. The number of carbonyl (C=O) groups is 1. The van der Waals surface area contributed by atoms with Gasteiger partial charge in [0.15, 0.2) is 0 Å². The van der Waals surface area contributed by atoms with Gasteiger partial charge in [0.25, 0.3) is 0 Å². The van der Waals surface area contributed by atoms with Gasteiger partial charge in [-0.15, -0.1) is 0 Å². The summed E-state index contributed by atoms with van der Waals surface area (Å²) >= 11 is 1.74. The van der Waals surface area contributed by atoms with Gasteiger partial charge in [-0.05, 0) is 31.1 Å². The van der Waals surface area contributed by atoms with Gasteiger partial charge in [-0.2, -0.15) is 0 Å². The zero-order chi connectivity index (χ0) is 11.4. The van der Waals surface area contributed by atoms with Crippen molar-refractivity contribution in [3.05, 3.63) is 29.8 Å². The smallest absolute Gasteiger partial charge is 0.150 e. The Morgan fingerprint density at radius 2 is 2.00 bits per heavy atom. The van der Waals surface area contributed by atoms with E-state index in [4.69, 9.17) is 0 Å². The zero-order valence-electron chi connectivity index (χ0n) is 9.43. The number of rotatable bonds is 3. The Bertz CT molecular complexity index is 362. The molecule has 0 aliphatic carbocycles. The van der Waals surface area contributed by atoms with E-state index < -0.39 is 0 Å². The highest BCUT2D eigenvalue weighted by atomic mass is 32.2. The van der Waals surface area contributed by atoms with Crippen molar-refractivity contribution in [3.63, 3.8) is 0 Å². The predicted octanol–water partition coefficient (Wildman–Crippen LogP) is 1.75. The van der Waals surface area contributed by atoms with Crippen molar-refractivity contribution in [3.8, 4) is 0 Å². The van der Waals surface area contributed by atoms with Gasteiger partial charge in [-0.3, -0.25) is 4.79 Å². The van der Waals surface area contributed by atoms with Crippen molar-refractivity contribution in [2.24, 2.45) is 0 Å². The fraction of sp³-hybridized carbons (Fsp3) is 0.417. The molecule has 0 aromatic heterocycles. The Morgan fingerprint density at radius 1 is 1.25 bits per heavy atom. The van der Waals surface area contributed by atoms with Crippen LogP contribution in [0, 0.1) is 0 Å². The van der Waals surface area contributed by atoms with Gasteiger partial charge in [-0.25, -0.2) is 4.31 Å². The molecule has 16 heavy (non-hydrogen) atoms. The first-order valence-electron chi connectivity index (χ1n) is 5.44. The Hall–Kier alpha value is -0.840. The van der Waals surface area contributed by atoms with E-state index in [1.54, 1.807) is 11.9 Å². The molecule has 2 rings (SSSR count). The highest BCUT2D eigenvalue weighted by molar-refractivity contribution is 7.97. The van der Waals surface area contributed by atoms with E-state index in [1.165, 1.54) is 0 Å². The van der Waals surface area contributed by atoms with Crippen molar-refractivity contribution >= 4 is 18.2 Å². The van der Waals surface area contributed by atoms with Crippen LogP contribution in [0.4, 0.5) is 0 Å². The van der Waals surface area contributed by atoms with E-state index in [0.29, 0.717) is 0 Å². The minimum Gasteiger partial charge on any atom is -0.304 e. The summed E-state index contributed by atoms with van der Waals surface area (Å²) in [5.74, 6) is 0. The van der Waals surface area contributed by atoms with Gasteiger partial charge < -0.3 is 4.90 Å². The number of piperazine rings is 1. The summed E-state index contributed by atoms with van der Waals surface area (Å²) in [5.41, 5.74) is 0.749. The van der Waals surface area contributed by atoms with Crippen LogP contribution in [0.3, 0.4) is 0 Å². The summed E-state index contributed by atoms with van der Waals surface area (Å²) in [5, 5.41) is 0. The van der Waals surface area contributed by atoms with Crippen LogP contribution in [-0.4, -0.2) is 48.7 Å². The highest BCUT2D eigenvalue weighted by Gasteiger charge is 2.14. The monoisotopic (exact) mass is 236 g/mol. The molecular weight excluding hydrogens is 220 g/mol. The topological polar surface area (TPSA) is 23.6 Å². The van der Waals surface area contributed by atoms with E-state index in [1.807, 2.05) is 18.2 Å². The third kappa shape index (κ3) is 3.07. The molecule has 0 N–H and O–H groups in total. The molecule has 1 aliphatic rings. The predicted molar refractivity (Wildman–Crippen MR) is 66.8 cm³/mol. The first-order valence-corrected chi connectivity index (χ1v) is 6.22. The van der Waals surface area contributed by atoms with Crippen molar-refractivity contribution < 1.29 is 4.79 Å². The first-order chi connectivity index (χ1) is 7.78. The van der Waals surface area contributed by atoms with Gasteiger partial charge in [0.1, 0.15) is 6.29 Å². The molecule has 0 atom stereocenters. The number of benzene rings is 1. The first kappa shape index (κ1) is 11.6. The molecule has 0 bridgehead atoms. The molecule has 4 heteroatoms. The molecule has 0 amide bonds. The average molecular weight is 236 g/mol. The minimum atomic E-state index is 0.749. The molecule has 1 saturated heterocycles. The largest absolute Gasteiger partial charge is 0.304 e. The van der Waals surface area contributed by atoms with Gasteiger partial charge in [-0.1, -0.05) is 12.1 Å². The van der Waals surface area contributed by atoms with Crippen LogP contribution in [-0.2, 0) is 0 Å². The van der Waals surface area contributed by atoms with Gasteiger partial charge in [0.2, 0.25) is 0 Å². The maximum atomic E-state index is 10.7. The molecule has 0 spiro atoms. The third-order valence-electron chi connectivity index (χ3n) is 2.69. The lowest BCUT2D eigenvalue weighted by atomic mass is 10.2. The summed E-state index contributed by atoms with van der Waals surface area (Å²) in [6.45, 7) is 4.37. The second-order valence-corrected chi connectivity index (χ2v) is 5.18. The lowest BCUT2D eigenvalue weighted by Gasteiger charge is -2.31. The molecule has 1 aromatic rings. The molecule has 1 aliphatic heterocycles. The fourth-order valence-electron chi connectivity index (χ4n) is 1.67. The maximum absolute atomic E-state index is 10.7. The van der Waals surface area contributed by atoms with Crippen LogP contribution in [0.15, 0.2) is 29.2 Å². The zero-order valence-corrected chi connectivity index (χ0v) is 10.2. The standard InChI is InChI=1S/C12H16N2OS/c1-13-5-7-14(8-6-13)16-12-4-2-3-11(9-12)10-15/h2-4,9-10H,5-8H2,1H3. The number of likely N-dealkylation sites (N-methyl/N-ethyl adjacent to an activating group) is 1. The average Bonchev–Trinajstić information content (AvgIpc) is 2.32. The summed E-state index contributed by atoms with van der Waals surface area (Å²) in [6, 6.07) is 7.76. The molecule has 1 fully saturated rings. The number of nitrogens with zero attached hydrogens (tertiary/aromatic N) is 2. The minimum absolute atomic E-state index is 0.749. The summed E-state index contributed by atoms with van der Waals surface area (Å²) in [6.07, 6.45) is 0.897. The molecule has 86 valence electrons. The Labute approximate surface area is 101 Å². The Balaban J connectivity index is 1.95. The van der Waals surface area contributed by atoms with Gasteiger partial charge in [0.05, 0.1) is 0 Å². The summed E-state index contributed by atoms with van der Waals surface area (Å²) in [4.78, 5) is 14.1. The van der Waals surface area contributed by atoms with Crippen molar-refractivity contribution in [2.75, 3.05) is 33.2 Å². The number of hydrogen-bond donors (Lipinski definition) is 0. The SMILES string of the molecule is CN1CCN(Sc2cccc(C=O)c2)CC1. The Kier molecular flexibility index (Phi) is 3.98. The maximum Gasteiger partial charge on any atom is 0.150 e. The van der Waals surface area contributed by atoms with Crippen LogP contribution in [0.25, 0.3) is 0 Å². The van der Waals surface area contributed by atoms with Crippen molar-refractivity contribution in [1.29, 1.82) is 0 Å². The molecule has 3 nitrogen and oxygen atoms in total. The highest BCUT2D eigenvalue weighted by Crippen LogP contribution is 2.23. The third-order valence-corrected chi connectivity index (χ3v) is 3.78. The number of aldehydes is 1. The molecular formula is C12H16N2OS. The van der Waals surface area contributed by atoms with Crippen molar-refractivity contribution in [1.82, 2.24) is 9.21 Å². The molecule has 1 aromatic carbocycles. The number of carbonyl (C=O) groups excluding carboxylic acids is 1. The van der Waals surface area contributed by atoms with Crippen LogP contribution >= 0.6 is 11.9 Å². The molecule has 0 unspecified atom stereocenters. The molecule has 0 saturated carbocycles. The van der Waals surface area contributed by atoms with Crippen LogP contribution in [0.1, 0.15) is 10.4 Å². The summed E-state index contributed by atoms with van der Waals surface area (Å²) in [7, 11) is 2.15. The van der Waals surface area contributed by atoms with E-state index >= 15 is 0 Å². The number of hydrogen-bond acceptors (Lipinski definition) is 4. The lowest BCUT2D eigenvalue weighted by molar-refractivity contribution is 0.112. The second-order valence-electron chi connectivity index (χ2n) is 4.01. The van der Waals surface area contributed by atoms with Crippen LogP contribution in [0.5, 0.6) is 0 Å². The van der Waals surface area contributed by atoms with Crippen LogP contribution in [0.2, 0.25) is 0 Å². The normalized spacial score (nSPS) is 18.6. The van der Waals surface area contributed by atoms with E-state index in [9.17, 15) is 4.79 Å². The van der Waals surface area contributed by atoms with Crippen molar-refractivity contribution in [2.45, 2.75) is 4.90 Å². The van der Waals surface area contributed by atoms with E-state index in [0.717, 1.165) is 42.9 Å². The van der Waals surface area contributed by atoms with Gasteiger partial charge in [0, 0.05) is 36.6 Å². The second kappa shape index (κ2) is 5.48. The Morgan fingerprint density at radius 3 is 2.69 bits per heavy atom. The van der Waals surface area contributed by atoms with E-state index in [2.05, 4.69) is 22.3 Å². The summed E-state index contributed by atoms with van der Waals surface area (Å²) < 4.78 is 2.35. The molecule has 0 radical (unpaired) electrons. The van der Waals surface area contributed by atoms with Crippen LogP contribution < -0.4 is 0 Å².